The highest BCUT2D eigenvalue weighted by molar-refractivity contribution is 5.71. The van der Waals surface area contributed by atoms with Crippen LogP contribution in [0.3, 0.4) is 0 Å². The Morgan fingerprint density at radius 1 is 1.37 bits per heavy atom. The second kappa shape index (κ2) is 7.60. The van der Waals surface area contributed by atoms with Crippen LogP contribution in [-0.2, 0) is 0 Å². The molecule has 2 aromatic heterocycles. The van der Waals surface area contributed by atoms with Crippen molar-refractivity contribution < 1.29 is 18.7 Å². The summed E-state index contributed by atoms with van der Waals surface area (Å²) in [5.41, 5.74) is 6.40. The van der Waals surface area contributed by atoms with Crippen LogP contribution in [0.5, 0.6) is 0 Å². The van der Waals surface area contributed by atoms with Gasteiger partial charge in [-0.15, -0.1) is 0 Å². The molecular weight excluding hydrogens is 358 g/mol. The number of nitrogens with zero attached hydrogens (tertiary/aromatic N) is 4. The van der Waals surface area contributed by atoms with E-state index in [9.17, 15) is 13.6 Å². The minimum atomic E-state index is -2.67. The Morgan fingerprint density at radius 2 is 2.15 bits per heavy atom. The molecule has 2 aromatic rings. The number of pyridine rings is 2. The lowest BCUT2D eigenvalue weighted by atomic mass is 10.2. The van der Waals surface area contributed by atoms with Gasteiger partial charge >= 0.3 is 6.09 Å². The van der Waals surface area contributed by atoms with Crippen LogP contribution in [0.25, 0.3) is 0 Å². The second-order valence-corrected chi connectivity index (χ2v) is 6.27. The summed E-state index contributed by atoms with van der Waals surface area (Å²) >= 11 is 0. The number of hydrogen-bond acceptors (Lipinski definition) is 6. The number of anilines is 4. The van der Waals surface area contributed by atoms with Crippen LogP contribution in [0.4, 0.5) is 36.6 Å². The fourth-order valence-corrected chi connectivity index (χ4v) is 2.97. The highest BCUT2D eigenvalue weighted by Gasteiger charge is 2.27. The van der Waals surface area contributed by atoms with E-state index in [1.54, 1.807) is 18.2 Å². The molecule has 0 spiro atoms. The molecule has 1 atom stereocenters. The Hall–Kier alpha value is -3.17. The van der Waals surface area contributed by atoms with Gasteiger partial charge in [-0.1, -0.05) is 0 Å². The van der Waals surface area contributed by atoms with E-state index in [0.717, 1.165) is 0 Å². The standard InChI is InChI=1S/C17H20F2N6O2/c1-10-9-24(17(26)27)6-7-25(10)14-3-2-12(20)16(23-14)22-11-4-5-21-13(8-11)15(18)19/h2-5,8,10,15H,6-7,9,20H2,1H3,(H,26,27)(H,21,22,23)/t10-/m1/s1. The molecule has 1 saturated heterocycles. The molecule has 0 aromatic carbocycles. The molecule has 0 radical (unpaired) electrons. The van der Waals surface area contributed by atoms with E-state index in [-0.39, 0.29) is 11.7 Å². The quantitative estimate of drug-likeness (QED) is 0.751. The number of amides is 1. The Bertz CT molecular complexity index is 835. The number of hydrogen-bond donors (Lipinski definition) is 3. The Labute approximate surface area is 154 Å². The minimum Gasteiger partial charge on any atom is -0.465 e. The second-order valence-electron chi connectivity index (χ2n) is 6.27. The lowest BCUT2D eigenvalue weighted by molar-refractivity contribution is 0.136. The summed E-state index contributed by atoms with van der Waals surface area (Å²) in [4.78, 5) is 22.6. The van der Waals surface area contributed by atoms with Crippen molar-refractivity contribution in [2.45, 2.75) is 19.4 Å². The van der Waals surface area contributed by atoms with Crippen LogP contribution < -0.4 is 16.0 Å². The number of alkyl halides is 2. The Morgan fingerprint density at radius 3 is 2.81 bits per heavy atom. The SMILES string of the molecule is C[C@@H]1CN(C(=O)O)CCN1c1ccc(N)c(Nc2ccnc(C(F)F)c2)n1. The number of rotatable bonds is 4. The topological polar surface area (TPSA) is 108 Å². The monoisotopic (exact) mass is 378 g/mol. The summed E-state index contributed by atoms with van der Waals surface area (Å²) in [5, 5.41) is 12.1. The molecule has 4 N–H and O–H groups in total. The van der Waals surface area contributed by atoms with Crippen molar-refractivity contribution in [2.24, 2.45) is 0 Å². The lowest BCUT2D eigenvalue weighted by Gasteiger charge is -2.39. The van der Waals surface area contributed by atoms with Gasteiger partial charge in [-0.05, 0) is 31.2 Å². The van der Waals surface area contributed by atoms with Gasteiger partial charge in [-0.3, -0.25) is 4.98 Å². The molecule has 1 aliphatic heterocycles. The van der Waals surface area contributed by atoms with Crippen LogP contribution in [0.15, 0.2) is 30.5 Å². The molecule has 8 nitrogen and oxygen atoms in total. The zero-order valence-corrected chi connectivity index (χ0v) is 14.6. The highest BCUT2D eigenvalue weighted by Crippen LogP contribution is 2.28. The Kier molecular flexibility index (Phi) is 5.24. The zero-order valence-electron chi connectivity index (χ0n) is 14.6. The first-order valence-corrected chi connectivity index (χ1v) is 8.37. The number of nitrogens with one attached hydrogen (secondary N) is 1. The average molecular weight is 378 g/mol. The third kappa shape index (κ3) is 4.15. The molecule has 3 rings (SSSR count). The van der Waals surface area contributed by atoms with Gasteiger partial charge in [0.15, 0.2) is 5.82 Å². The van der Waals surface area contributed by atoms with Crippen LogP contribution in [0.2, 0.25) is 0 Å². The van der Waals surface area contributed by atoms with E-state index < -0.39 is 12.5 Å². The maximum atomic E-state index is 12.8. The van der Waals surface area contributed by atoms with Gasteiger partial charge in [-0.25, -0.2) is 18.6 Å². The van der Waals surface area contributed by atoms with Crippen molar-refractivity contribution >= 4 is 29.1 Å². The van der Waals surface area contributed by atoms with Crippen molar-refractivity contribution in [3.63, 3.8) is 0 Å². The summed E-state index contributed by atoms with van der Waals surface area (Å²) in [6.45, 7) is 3.15. The maximum absolute atomic E-state index is 12.8. The molecule has 1 amide bonds. The smallest absolute Gasteiger partial charge is 0.407 e. The van der Waals surface area contributed by atoms with Crippen molar-refractivity contribution in [2.75, 3.05) is 35.6 Å². The molecule has 1 fully saturated rings. The first-order chi connectivity index (χ1) is 12.8. The average Bonchev–Trinajstić information content (AvgIpc) is 2.64. The van der Waals surface area contributed by atoms with Gasteiger partial charge in [0.1, 0.15) is 11.5 Å². The summed E-state index contributed by atoms with van der Waals surface area (Å²) in [7, 11) is 0. The first-order valence-electron chi connectivity index (χ1n) is 8.37. The molecule has 10 heteroatoms. The summed E-state index contributed by atoms with van der Waals surface area (Å²) in [6, 6.07) is 6.16. The van der Waals surface area contributed by atoms with Gasteiger partial charge in [0.05, 0.1) is 5.69 Å². The first kappa shape index (κ1) is 18.6. The zero-order chi connectivity index (χ0) is 19.6. The van der Waals surface area contributed by atoms with Gasteiger partial charge in [0, 0.05) is 37.6 Å². The number of piperazine rings is 1. The van der Waals surface area contributed by atoms with Gasteiger partial charge in [-0.2, -0.15) is 0 Å². The van der Waals surface area contributed by atoms with Gasteiger partial charge in [0.25, 0.3) is 6.43 Å². The summed E-state index contributed by atoms with van der Waals surface area (Å²) in [6.07, 6.45) is -2.33. The normalized spacial score (nSPS) is 17.3. The van der Waals surface area contributed by atoms with Crippen molar-refractivity contribution in [3.8, 4) is 0 Å². The predicted molar refractivity (Wildman–Crippen MR) is 97.5 cm³/mol. The van der Waals surface area contributed by atoms with E-state index in [1.165, 1.54) is 17.2 Å². The van der Waals surface area contributed by atoms with Crippen LogP contribution in [-0.4, -0.2) is 51.7 Å². The summed E-state index contributed by atoms with van der Waals surface area (Å²) in [5.74, 6) is 0.971. The van der Waals surface area contributed by atoms with Crippen LogP contribution in [0.1, 0.15) is 19.0 Å². The number of nitrogen functional groups attached to an aromatic ring is 1. The summed E-state index contributed by atoms with van der Waals surface area (Å²) < 4.78 is 25.6. The number of carbonyl (C=O) groups is 1. The van der Waals surface area contributed by atoms with E-state index in [1.807, 2.05) is 11.8 Å². The Balaban J connectivity index is 1.81. The molecule has 0 saturated carbocycles. The highest BCUT2D eigenvalue weighted by atomic mass is 19.3. The number of halogens is 2. The number of nitrogens with two attached hydrogens (primary N) is 1. The molecule has 144 valence electrons. The lowest BCUT2D eigenvalue weighted by Crippen LogP contribution is -2.53. The molecule has 0 aliphatic carbocycles. The molecule has 1 aliphatic rings. The fourth-order valence-electron chi connectivity index (χ4n) is 2.97. The van der Waals surface area contributed by atoms with E-state index in [2.05, 4.69) is 15.3 Å². The van der Waals surface area contributed by atoms with Crippen LogP contribution >= 0.6 is 0 Å². The number of aromatic nitrogens is 2. The predicted octanol–water partition coefficient (Wildman–Crippen LogP) is 2.93. The molecule has 27 heavy (non-hydrogen) atoms. The van der Waals surface area contributed by atoms with E-state index in [0.29, 0.717) is 42.6 Å². The number of carboxylic acid groups (broad SMARTS) is 1. The molecule has 3 heterocycles. The third-order valence-corrected chi connectivity index (χ3v) is 4.37. The maximum Gasteiger partial charge on any atom is 0.407 e. The largest absolute Gasteiger partial charge is 0.465 e. The van der Waals surface area contributed by atoms with E-state index >= 15 is 0 Å². The third-order valence-electron chi connectivity index (χ3n) is 4.37. The molecule has 0 bridgehead atoms. The van der Waals surface area contributed by atoms with Crippen molar-refractivity contribution in [1.29, 1.82) is 0 Å². The molecule has 0 unspecified atom stereocenters. The van der Waals surface area contributed by atoms with Crippen molar-refractivity contribution in [1.82, 2.24) is 14.9 Å². The van der Waals surface area contributed by atoms with Gasteiger partial charge in [0.2, 0.25) is 0 Å². The fraction of sp³-hybridized carbons (Fsp3) is 0.353. The molecular formula is C17H20F2N6O2. The van der Waals surface area contributed by atoms with Crippen LogP contribution in [0, 0.1) is 0 Å². The van der Waals surface area contributed by atoms with Gasteiger partial charge < -0.3 is 26.0 Å². The van der Waals surface area contributed by atoms with Crippen molar-refractivity contribution in [3.05, 3.63) is 36.2 Å². The van der Waals surface area contributed by atoms with E-state index in [4.69, 9.17) is 10.8 Å². The minimum absolute atomic E-state index is 0.0646.